The third-order valence-corrected chi connectivity index (χ3v) is 4.78. The van der Waals surface area contributed by atoms with Crippen LogP contribution in [0.25, 0.3) is 11.0 Å². The van der Waals surface area contributed by atoms with Crippen LogP contribution in [0.5, 0.6) is 0 Å². The van der Waals surface area contributed by atoms with E-state index in [0.29, 0.717) is 23.1 Å². The van der Waals surface area contributed by atoms with Gasteiger partial charge in [-0.15, -0.1) is 0 Å². The first-order valence-corrected chi connectivity index (χ1v) is 8.46. The molecule has 1 amide bonds. The molecule has 0 radical (unpaired) electrons. The van der Waals surface area contributed by atoms with Gasteiger partial charge in [0.05, 0.1) is 17.0 Å². The van der Waals surface area contributed by atoms with Crippen molar-refractivity contribution in [3.63, 3.8) is 0 Å². The molecular formula is C20H18N2O3. The fourth-order valence-corrected chi connectivity index (χ4v) is 3.50. The van der Waals surface area contributed by atoms with E-state index in [-0.39, 0.29) is 17.1 Å². The van der Waals surface area contributed by atoms with Gasteiger partial charge in [-0.1, -0.05) is 19.1 Å². The highest BCUT2D eigenvalue weighted by molar-refractivity contribution is 5.99. The highest BCUT2D eigenvalue weighted by atomic mass is 16.3. The molecule has 1 aliphatic heterocycles. The summed E-state index contributed by atoms with van der Waals surface area (Å²) in [7, 11) is 0. The minimum Gasteiger partial charge on any atom is -0.450 e. The van der Waals surface area contributed by atoms with Crippen molar-refractivity contribution in [3.05, 3.63) is 75.4 Å². The van der Waals surface area contributed by atoms with Crippen LogP contribution in [0.3, 0.4) is 0 Å². The Hall–Kier alpha value is -2.95. The summed E-state index contributed by atoms with van der Waals surface area (Å²) >= 11 is 0. The number of carbonyl (C=O) groups excluding carboxylic acids is 1. The molecule has 0 saturated carbocycles. The van der Waals surface area contributed by atoms with Crippen molar-refractivity contribution in [3.8, 4) is 0 Å². The molecule has 126 valence electrons. The van der Waals surface area contributed by atoms with E-state index in [4.69, 9.17) is 4.42 Å². The standard InChI is InChI=1S/C20H18N2O3/c1-3-12-7-8-15-14(10-12)18(23)16-17(13-6-5-9-21-11-13)22(4-2)20(24)19(16)25-15/h5-11,17H,3-4H2,1-2H3. The summed E-state index contributed by atoms with van der Waals surface area (Å²) in [6.07, 6.45) is 4.20. The minimum absolute atomic E-state index is 0.135. The molecule has 1 aromatic carbocycles. The molecule has 2 aromatic heterocycles. The van der Waals surface area contributed by atoms with Crippen LogP contribution in [0.2, 0.25) is 0 Å². The summed E-state index contributed by atoms with van der Waals surface area (Å²) in [5, 5.41) is 0.526. The Kier molecular flexibility index (Phi) is 3.64. The molecule has 3 aromatic rings. The molecule has 5 nitrogen and oxygen atoms in total. The predicted molar refractivity (Wildman–Crippen MR) is 94.7 cm³/mol. The molecular weight excluding hydrogens is 316 g/mol. The van der Waals surface area contributed by atoms with Gasteiger partial charge in [-0.2, -0.15) is 0 Å². The van der Waals surface area contributed by atoms with Crippen LogP contribution in [0.1, 0.15) is 47.1 Å². The average molecular weight is 334 g/mol. The highest BCUT2D eigenvalue weighted by Gasteiger charge is 2.41. The number of rotatable bonds is 3. The van der Waals surface area contributed by atoms with Gasteiger partial charge in [0, 0.05) is 18.9 Å². The number of nitrogens with zero attached hydrogens (tertiary/aromatic N) is 2. The third-order valence-electron chi connectivity index (χ3n) is 4.78. The summed E-state index contributed by atoms with van der Waals surface area (Å²) in [5.74, 6) is -0.0950. The van der Waals surface area contributed by atoms with Crippen LogP contribution in [-0.2, 0) is 6.42 Å². The first-order chi connectivity index (χ1) is 12.2. The maximum atomic E-state index is 13.2. The van der Waals surface area contributed by atoms with Crippen LogP contribution in [0, 0.1) is 0 Å². The van der Waals surface area contributed by atoms with Crippen molar-refractivity contribution in [2.45, 2.75) is 26.3 Å². The number of carbonyl (C=O) groups is 1. The molecule has 0 aliphatic carbocycles. The second kappa shape index (κ2) is 5.84. The van der Waals surface area contributed by atoms with Crippen molar-refractivity contribution in [2.24, 2.45) is 0 Å². The summed E-state index contributed by atoms with van der Waals surface area (Å²) in [6.45, 7) is 4.42. The van der Waals surface area contributed by atoms with Gasteiger partial charge in [-0.25, -0.2) is 0 Å². The van der Waals surface area contributed by atoms with Crippen LogP contribution in [0.15, 0.2) is 51.9 Å². The second-order valence-corrected chi connectivity index (χ2v) is 6.14. The Labute approximate surface area is 144 Å². The maximum absolute atomic E-state index is 13.2. The molecule has 1 unspecified atom stereocenters. The maximum Gasteiger partial charge on any atom is 0.290 e. The second-order valence-electron chi connectivity index (χ2n) is 6.14. The lowest BCUT2D eigenvalue weighted by molar-refractivity contribution is 0.0737. The van der Waals surface area contributed by atoms with E-state index in [1.54, 1.807) is 23.4 Å². The lowest BCUT2D eigenvalue weighted by atomic mass is 9.99. The number of aryl methyl sites for hydroxylation is 1. The first kappa shape index (κ1) is 15.6. The van der Waals surface area contributed by atoms with Gasteiger partial charge in [0.25, 0.3) is 5.91 Å². The fraction of sp³-hybridized carbons (Fsp3) is 0.250. The normalized spacial score (nSPS) is 16.5. The molecule has 0 bridgehead atoms. The molecule has 0 fully saturated rings. The number of aromatic nitrogens is 1. The van der Waals surface area contributed by atoms with Gasteiger partial charge >= 0.3 is 0 Å². The largest absolute Gasteiger partial charge is 0.450 e. The third kappa shape index (κ3) is 2.27. The molecule has 3 heterocycles. The highest BCUT2D eigenvalue weighted by Crippen LogP contribution is 2.37. The monoisotopic (exact) mass is 334 g/mol. The Morgan fingerprint density at radius 2 is 2.04 bits per heavy atom. The van der Waals surface area contributed by atoms with Crippen LogP contribution >= 0.6 is 0 Å². The smallest absolute Gasteiger partial charge is 0.290 e. The van der Waals surface area contributed by atoms with E-state index in [9.17, 15) is 9.59 Å². The van der Waals surface area contributed by atoms with Crippen molar-refractivity contribution >= 4 is 16.9 Å². The Balaban J connectivity index is 2.03. The molecule has 4 rings (SSSR count). The van der Waals surface area contributed by atoms with Gasteiger partial charge in [0.15, 0.2) is 5.43 Å². The zero-order valence-electron chi connectivity index (χ0n) is 14.2. The Bertz CT molecular complexity index is 1020. The van der Waals surface area contributed by atoms with E-state index in [2.05, 4.69) is 4.98 Å². The zero-order chi connectivity index (χ0) is 17.6. The number of pyridine rings is 1. The van der Waals surface area contributed by atoms with Gasteiger partial charge < -0.3 is 9.32 Å². The Morgan fingerprint density at radius 1 is 1.20 bits per heavy atom. The molecule has 0 N–H and O–H groups in total. The fourth-order valence-electron chi connectivity index (χ4n) is 3.50. The first-order valence-electron chi connectivity index (χ1n) is 8.46. The van der Waals surface area contributed by atoms with Gasteiger partial charge in [0.1, 0.15) is 5.58 Å². The summed E-state index contributed by atoms with van der Waals surface area (Å²) in [4.78, 5) is 31.8. The van der Waals surface area contributed by atoms with E-state index in [0.717, 1.165) is 17.5 Å². The van der Waals surface area contributed by atoms with Crippen LogP contribution in [0.4, 0.5) is 0 Å². The van der Waals surface area contributed by atoms with Crippen LogP contribution < -0.4 is 5.43 Å². The van der Waals surface area contributed by atoms with E-state index >= 15 is 0 Å². The van der Waals surface area contributed by atoms with E-state index in [1.807, 2.05) is 38.1 Å². The molecule has 5 heteroatoms. The summed E-state index contributed by atoms with van der Waals surface area (Å²) in [6, 6.07) is 8.80. The molecule has 1 atom stereocenters. The predicted octanol–water partition coefficient (Wildman–Crippen LogP) is 3.32. The van der Waals surface area contributed by atoms with Gasteiger partial charge in [-0.05, 0) is 42.7 Å². The van der Waals surface area contributed by atoms with Crippen molar-refractivity contribution < 1.29 is 9.21 Å². The van der Waals surface area contributed by atoms with Gasteiger partial charge in [-0.3, -0.25) is 14.6 Å². The zero-order valence-corrected chi connectivity index (χ0v) is 14.2. The molecule has 0 saturated heterocycles. The lowest BCUT2D eigenvalue weighted by Gasteiger charge is -2.22. The Morgan fingerprint density at radius 3 is 2.72 bits per heavy atom. The summed E-state index contributed by atoms with van der Waals surface area (Å²) < 4.78 is 5.87. The van der Waals surface area contributed by atoms with Crippen molar-refractivity contribution in [2.75, 3.05) is 6.54 Å². The number of fused-ring (bicyclic) bond motifs is 2. The average Bonchev–Trinajstić information content (AvgIpc) is 2.94. The number of hydrogen-bond acceptors (Lipinski definition) is 4. The number of benzene rings is 1. The minimum atomic E-state index is -0.452. The molecule has 0 spiro atoms. The molecule has 1 aliphatic rings. The van der Waals surface area contributed by atoms with Crippen molar-refractivity contribution in [1.29, 1.82) is 0 Å². The van der Waals surface area contributed by atoms with E-state index < -0.39 is 6.04 Å². The lowest BCUT2D eigenvalue weighted by Crippen LogP contribution is -2.29. The van der Waals surface area contributed by atoms with Crippen LogP contribution in [-0.4, -0.2) is 22.3 Å². The van der Waals surface area contributed by atoms with Crippen molar-refractivity contribution in [1.82, 2.24) is 9.88 Å². The SMILES string of the molecule is CCc1ccc2oc3c(c(=O)c2c1)C(c1cccnc1)N(CC)C3=O. The quantitative estimate of drug-likeness (QED) is 0.737. The number of amides is 1. The topological polar surface area (TPSA) is 63.4 Å². The summed E-state index contributed by atoms with van der Waals surface area (Å²) in [5.41, 5.74) is 2.62. The van der Waals surface area contributed by atoms with Gasteiger partial charge in [0.2, 0.25) is 5.76 Å². The van der Waals surface area contributed by atoms with E-state index in [1.165, 1.54) is 0 Å². The number of hydrogen-bond donors (Lipinski definition) is 0. The molecule has 25 heavy (non-hydrogen) atoms.